The van der Waals surface area contributed by atoms with Crippen molar-refractivity contribution in [2.45, 2.75) is 6.92 Å². The van der Waals surface area contributed by atoms with Gasteiger partial charge in [0.25, 0.3) is 5.91 Å². The summed E-state index contributed by atoms with van der Waals surface area (Å²) in [5.74, 6) is 0.665. The summed E-state index contributed by atoms with van der Waals surface area (Å²) < 4.78 is 5.18. The number of methoxy groups -OCH3 is 1. The van der Waals surface area contributed by atoms with E-state index in [4.69, 9.17) is 4.74 Å². The number of nitrogens with one attached hydrogen (secondary N) is 2. The minimum absolute atomic E-state index is 0.0945. The molecule has 0 spiro atoms. The fourth-order valence-electron chi connectivity index (χ4n) is 2.00. The van der Waals surface area contributed by atoms with Gasteiger partial charge in [0.1, 0.15) is 5.75 Å². The molecule has 0 aliphatic rings. The number of amides is 1. The Labute approximate surface area is 118 Å². The molecule has 20 heavy (non-hydrogen) atoms. The third-order valence-electron chi connectivity index (χ3n) is 3.12. The van der Waals surface area contributed by atoms with Crippen LogP contribution in [0.5, 0.6) is 5.75 Å². The predicted octanol–water partition coefficient (Wildman–Crippen LogP) is 1.50. The lowest BCUT2D eigenvalue weighted by Crippen LogP contribution is -2.31. The number of fused-ring (bicyclic) bond motifs is 1. The number of benzene rings is 1. The second-order valence-electron chi connectivity index (χ2n) is 4.54. The van der Waals surface area contributed by atoms with Crippen LogP contribution in [-0.4, -0.2) is 38.1 Å². The molecule has 1 amide bonds. The zero-order chi connectivity index (χ0) is 14.5. The number of hydrogen-bond acceptors (Lipinski definition) is 4. The molecule has 0 saturated carbocycles. The summed E-state index contributed by atoms with van der Waals surface area (Å²) in [4.78, 5) is 16.6. The third kappa shape index (κ3) is 3.05. The Kier molecular flexibility index (Phi) is 4.53. The van der Waals surface area contributed by atoms with E-state index in [9.17, 15) is 4.79 Å². The molecule has 0 bridgehead atoms. The highest BCUT2D eigenvalue weighted by atomic mass is 16.5. The van der Waals surface area contributed by atoms with Crippen LogP contribution in [-0.2, 0) is 0 Å². The number of carbonyl (C=O) groups is 1. The highest BCUT2D eigenvalue weighted by Crippen LogP contribution is 2.21. The molecule has 0 unspecified atom stereocenters. The number of aromatic nitrogens is 1. The first-order valence-corrected chi connectivity index (χ1v) is 6.54. The molecule has 106 valence electrons. The smallest absolute Gasteiger partial charge is 0.253 e. The Morgan fingerprint density at radius 1 is 1.30 bits per heavy atom. The van der Waals surface area contributed by atoms with Crippen LogP contribution in [0.15, 0.2) is 24.3 Å². The first-order chi connectivity index (χ1) is 9.65. The van der Waals surface area contributed by atoms with E-state index in [-0.39, 0.29) is 5.91 Å². The van der Waals surface area contributed by atoms with Crippen molar-refractivity contribution < 1.29 is 9.53 Å². The van der Waals surface area contributed by atoms with Crippen molar-refractivity contribution in [1.29, 1.82) is 0 Å². The summed E-state index contributed by atoms with van der Waals surface area (Å²) in [6, 6.07) is 7.50. The summed E-state index contributed by atoms with van der Waals surface area (Å²) in [5, 5.41) is 6.78. The molecule has 5 nitrogen and oxygen atoms in total. The normalized spacial score (nSPS) is 10.6. The molecule has 0 aliphatic carbocycles. The summed E-state index contributed by atoms with van der Waals surface area (Å²) >= 11 is 0. The number of pyridine rings is 1. The van der Waals surface area contributed by atoms with Gasteiger partial charge in [-0.1, -0.05) is 0 Å². The monoisotopic (exact) mass is 273 g/mol. The van der Waals surface area contributed by atoms with Crippen LogP contribution in [0.4, 0.5) is 0 Å². The number of likely N-dealkylation sites (N-methyl/N-ethyl adjacent to an activating group) is 1. The zero-order valence-electron chi connectivity index (χ0n) is 12.0. The van der Waals surface area contributed by atoms with Crippen LogP contribution in [0.2, 0.25) is 0 Å². The summed E-state index contributed by atoms with van der Waals surface area (Å²) in [6.45, 7) is 3.17. The van der Waals surface area contributed by atoms with Crippen molar-refractivity contribution >= 4 is 16.8 Å². The van der Waals surface area contributed by atoms with Crippen molar-refractivity contribution in [2.24, 2.45) is 0 Å². The standard InChI is InChI=1S/C15H19N3O2/c1-10-13(15(19)17-7-6-16-2)8-11-4-5-12(20-3)9-14(11)18-10/h4-5,8-9,16H,6-7H2,1-3H3,(H,17,19). The van der Waals surface area contributed by atoms with E-state index < -0.39 is 0 Å². The average Bonchev–Trinajstić information content (AvgIpc) is 2.46. The molecule has 2 aromatic rings. The van der Waals surface area contributed by atoms with E-state index in [1.165, 1.54) is 0 Å². The molecule has 2 rings (SSSR count). The molecular formula is C15H19N3O2. The quantitative estimate of drug-likeness (QED) is 0.810. The fourth-order valence-corrected chi connectivity index (χ4v) is 2.00. The van der Waals surface area contributed by atoms with Crippen LogP contribution in [0.1, 0.15) is 16.1 Å². The Balaban J connectivity index is 2.30. The van der Waals surface area contributed by atoms with Gasteiger partial charge in [0, 0.05) is 24.5 Å². The average molecular weight is 273 g/mol. The van der Waals surface area contributed by atoms with E-state index in [1.54, 1.807) is 7.11 Å². The van der Waals surface area contributed by atoms with Crippen molar-refractivity contribution in [3.63, 3.8) is 0 Å². The number of ether oxygens (including phenoxy) is 1. The van der Waals surface area contributed by atoms with Crippen molar-refractivity contribution in [2.75, 3.05) is 27.2 Å². The molecule has 0 atom stereocenters. The van der Waals surface area contributed by atoms with Gasteiger partial charge in [-0.05, 0) is 32.2 Å². The summed E-state index contributed by atoms with van der Waals surface area (Å²) in [5.41, 5.74) is 2.15. The third-order valence-corrected chi connectivity index (χ3v) is 3.12. The van der Waals surface area contributed by atoms with Gasteiger partial charge in [-0.2, -0.15) is 0 Å². The number of nitrogens with zero attached hydrogens (tertiary/aromatic N) is 1. The van der Waals surface area contributed by atoms with E-state index in [0.717, 1.165) is 23.2 Å². The molecule has 0 aliphatic heterocycles. The second kappa shape index (κ2) is 6.34. The van der Waals surface area contributed by atoms with Gasteiger partial charge in [-0.15, -0.1) is 0 Å². The van der Waals surface area contributed by atoms with Gasteiger partial charge in [-0.3, -0.25) is 9.78 Å². The minimum Gasteiger partial charge on any atom is -0.497 e. The van der Waals surface area contributed by atoms with E-state index in [1.807, 2.05) is 38.2 Å². The first kappa shape index (κ1) is 14.3. The Hall–Kier alpha value is -2.14. The molecule has 0 fully saturated rings. The maximum atomic E-state index is 12.1. The lowest BCUT2D eigenvalue weighted by Gasteiger charge is -2.09. The summed E-state index contributed by atoms with van der Waals surface area (Å²) in [7, 11) is 3.47. The van der Waals surface area contributed by atoms with Crippen LogP contribution < -0.4 is 15.4 Å². The maximum Gasteiger partial charge on any atom is 0.253 e. The lowest BCUT2D eigenvalue weighted by molar-refractivity contribution is 0.0953. The van der Waals surface area contributed by atoms with Gasteiger partial charge in [0.05, 0.1) is 23.9 Å². The van der Waals surface area contributed by atoms with Crippen molar-refractivity contribution in [1.82, 2.24) is 15.6 Å². The Bertz CT molecular complexity index is 626. The van der Waals surface area contributed by atoms with Gasteiger partial charge >= 0.3 is 0 Å². The predicted molar refractivity (Wildman–Crippen MR) is 79.3 cm³/mol. The topological polar surface area (TPSA) is 63.2 Å². The van der Waals surface area contributed by atoms with Crippen LogP contribution >= 0.6 is 0 Å². The molecule has 1 aromatic heterocycles. The lowest BCUT2D eigenvalue weighted by atomic mass is 10.1. The van der Waals surface area contributed by atoms with Crippen LogP contribution in [0, 0.1) is 6.92 Å². The van der Waals surface area contributed by atoms with Crippen molar-refractivity contribution in [3.05, 3.63) is 35.5 Å². The minimum atomic E-state index is -0.0945. The second-order valence-corrected chi connectivity index (χ2v) is 4.54. The van der Waals surface area contributed by atoms with Crippen LogP contribution in [0.3, 0.4) is 0 Å². The molecule has 5 heteroatoms. The number of hydrogen-bond donors (Lipinski definition) is 2. The number of carbonyl (C=O) groups excluding carboxylic acids is 1. The molecule has 0 radical (unpaired) electrons. The SMILES string of the molecule is CNCCNC(=O)c1cc2ccc(OC)cc2nc1C. The van der Waals surface area contributed by atoms with Crippen LogP contribution in [0.25, 0.3) is 10.9 Å². The Morgan fingerprint density at radius 2 is 2.10 bits per heavy atom. The molecular weight excluding hydrogens is 254 g/mol. The maximum absolute atomic E-state index is 12.1. The molecule has 1 heterocycles. The number of rotatable bonds is 5. The molecule has 0 saturated heterocycles. The first-order valence-electron chi connectivity index (χ1n) is 6.54. The number of aryl methyl sites for hydroxylation is 1. The zero-order valence-corrected chi connectivity index (χ0v) is 12.0. The fraction of sp³-hybridized carbons (Fsp3) is 0.333. The Morgan fingerprint density at radius 3 is 2.80 bits per heavy atom. The van der Waals surface area contributed by atoms with E-state index >= 15 is 0 Å². The molecule has 2 N–H and O–H groups in total. The summed E-state index contributed by atoms with van der Waals surface area (Å²) in [6.07, 6.45) is 0. The largest absolute Gasteiger partial charge is 0.497 e. The highest BCUT2D eigenvalue weighted by molar-refractivity contribution is 5.98. The van der Waals surface area contributed by atoms with Gasteiger partial charge in [0.15, 0.2) is 0 Å². The van der Waals surface area contributed by atoms with E-state index in [2.05, 4.69) is 15.6 Å². The van der Waals surface area contributed by atoms with Gasteiger partial charge in [-0.25, -0.2) is 0 Å². The van der Waals surface area contributed by atoms with Crippen molar-refractivity contribution in [3.8, 4) is 5.75 Å². The van der Waals surface area contributed by atoms with Gasteiger partial charge < -0.3 is 15.4 Å². The van der Waals surface area contributed by atoms with E-state index in [0.29, 0.717) is 17.8 Å². The van der Waals surface area contributed by atoms with Gasteiger partial charge in [0.2, 0.25) is 0 Å². The molecule has 1 aromatic carbocycles. The highest BCUT2D eigenvalue weighted by Gasteiger charge is 2.11.